The third kappa shape index (κ3) is 3.08. The van der Waals surface area contributed by atoms with Crippen molar-refractivity contribution < 1.29 is 12.9 Å². The lowest BCUT2D eigenvalue weighted by molar-refractivity contribution is 0.390. The van der Waals surface area contributed by atoms with E-state index in [0.717, 1.165) is 11.3 Å². The first-order valence-electron chi connectivity index (χ1n) is 7.28. The van der Waals surface area contributed by atoms with Gasteiger partial charge in [-0.2, -0.15) is 5.10 Å². The number of benzene rings is 1. The Morgan fingerprint density at radius 3 is 2.46 bits per heavy atom. The van der Waals surface area contributed by atoms with Crippen molar-refractivity contribution in [3.05, 3.63) is 53.9 Å². The van der Waals surface area contributed by atoms with Gasteiger partial charge >= 0.3 is 0 Å². The monoisotopic (exact) mass is 347 g/mol. The maximum Gasteiger partial charge on any atom is 0.246 e. The summed E-state index contributed by atoms with van der Waals surface area (Å²) in [4.78, 5) is 3.99. The zero-order valence-electron chi connectivity index (χ0n) is 13.5. The summed E-state index contributed by atoms with van der Waals surface area (Å²) in [5.74, 6) is 0.272. The van der Waals surface area contributed by atoms with Crippen LogP contribution in [-0.2, 0) is 10.0 Å². The first-order valence-corrected chi connectivity index (χ1v) is 8.77. The van der Waals surface area contributed by atoms with E-state index in [1.807, 2.05) is 24.3 Å². The molecule has 24 heavy (non-hydrogen) atoms. The quantitative estimate of drug-likeness (QED) is 0.756. The number of sulfonamides is 1. The van der Waals surface area contributed by atoms with Crippen LogP contribution < -0.4 is 4.72 Å². The molecule has 1 aromatic carbocycles. The highest BCUT2D eigenvalue weighted by Gasteiger charge is 2.26. The van der Waals surface area contributed by atoms with Gasteiger partial charge in [0.25, 0.3) is 0 Å². The molecular weight excluding hydrogens is 330 g/mol. The molecule has 0 aliphatic heterocycles. The molecule has 1 unspecified atom stereocenters. The van der Waals surface area contributed by atoms with Crippen molar-refractivity contribution in [1.82, 2.24) is 24.6 Å². The lowest BCUT2D eigenvalue weighted by atomic mass is 10.1. The molecule has 126 valence electrons. The van der Waals surface area contributed by atoms with Crippen LogP contribution in [-0.4, -0.2) is 28.3 Å². The van der Waals surface area contributed by atoms with Crippen LogP contribution in [0, 0.1) is 13.8 Å². The van der Waals surface area contributed by atoms with Gasteiger partial charge in [-0.25, -0.2) is 22.8 Å². The summed E-state index contributed by atoms with van der Waals surface area (Å²) in [5.41, 5.74) is 2.01. The molecule has 2 heterocycles. The average molecular weight is 347 g/mol. The lowest BCUT2D eigenvalue weighted by Gasteiger charge is -2.15. The van der Waals surface area contributed by atoms with E-state index < -0.39 is 16.1 Å². The largest absolute Gasteiger partial charge is 0.360 e. The Morgan fingerprint density at radius 1 is 1.21 bits per heavy atom. The molecule has 0 radical (unpaired) electrons. The highest BCUT2D eigenvalue weighted by Crippen LogP contribution is 2.22. The standard InChI is InChI=1S/C15H17N5O3S/c1-10(19-24(21,22)15-11(2)18-23-12(15)3)13-4-6-14(7-5-13)20-9-16-8-17-20/h4-10,19H,1-3H3. The Hall–Kier alpha value is -2.52. The van der Waals surface area contributed by atoms with Crippen LogP contribution in [0.15, 0.2) is 46.3 Å². The summed E-state index contributed by atoms with van der Waals surface area (Å²) in [7, 11) is -3.71. The maximum atomic E-state index is 12.5. The number of hydrogen-bond acceptors (Lipinski definition) is 6. The van der Waals surface area contributed by atoms with Crippen LogP contribution in [0.25, 0.3) is 5.69 Å². The van der Waals surface area contributed by atoms with Crippen molar-refractivity contribution in [2.45, 2.75) is 31.7 Å². The fraction of sp³-hybridized carbons (Fsp3) is 0.267. The van der Waals surface area contributed by atoms with Gasteiger partial charge in [-0.05, 0) is 38.5 Å². The molecule has 8 nitrogen and oxygen atoms in total. The molecule has 0 saturated carbocycles. The lowest BCUT2D eigenvalue weighted by Crippen LogP contribution is -2.27. The van der Waals surface area contributed by atoms with Gasteiger partial charge in [-0.1, -0.05) is 17.3 Å². The number of nitrogens with one attached hydrogen (secondary N) is 1. The Balaban J connectivity index is 1.81. The first-order chi connectivity index (χ1) is 11.4. The smallest absolute Gasteiger partial charge is 0.246 e. The predicted molar refractivity (Wildman–Crippen MR) is 86.1 cm³/mol. The van der Waals surface area contributed by atoms with Crippen molar-refractivity contribution in [2.24, 2.45) is 0 Å². The Bertz CT molecular complexity index is 911. The minimum Gasteiger partial charge on any atom is -0.360 e. The molecule has 0 fully saturated rings. The Labute approximate surface area is 139 Å². The molecule has 9 heteroatoms. The summed E-state index contributed by atoms with van der Waals surface area (Å²) in [6, 6.07) is 6.98. The van der Waals surface area contributed by atoms with Gasteiger partial charge in [0.2, 0.25) is 10.0 Å². The van der Waals surface area contributed by atoms with E-state index in [2.05, 4.69) is 20.0 Å². The fourth-order valence-electron chi connectivity index (χ4n) is 2.48. The maximum absolute atomic E-state index is 12.5. The zero-order valence-corrected chi connectivity index (χ0v) is 14.3. The molecule has 0 spiro atoms. The minimum absolute atomic E-state index is 0.0913. The number of aromatic nitrogens is 4. The molecule has 0 bridgehead atoms. The molecule has 1 N–H and O–H groups in total. The zero-order chi connectivity index (χ0) is 17.3. The van der Waals surface area contributed by atoms with Crippen LogP contribution in [0.1, 0.15) is 30.0 Å². The second-order valence-electron chi connectivity index (χ2n) is 5.43. The van der Waals surface area contributed by atoms with Crippen LogP contribution in [0.4, 0.5) is 0 Å². The van der Waals surface area contributed by atoms with Crippen LogP contribution in [0.3, 0.4) is 0 Å². The molecule has 3 rings (SSSR count). The predicted octanol–water partition coefficient (Wildman–Crippen LogP) is 1.91. The number of rotatable bonds is 5. The van der Waals surface area contributed by atoms with Crippen molar-refractivity contribution in [3.63, 3.8) is 0 Å². The number of aryl methyl sites for hydroxylation is 2. The molecular formula is C15H17N5O3S. The van der Waals surface area contributed by atoms with E-state index in [-0.39, 0.29) is 10.7 Å². The summed E-state index contributed by atoms with van der Waals surface area (Å²) >= 11 is 0. The minimum atomic E-state index is -3.71. The Morgan fingerprint density at radius 2 is 1.92 bits per heavy atom. The molecule has 3 aromatic rings. The fourth-order valence-corrected chi connectivity index (χ4v) is 4.04. The van der Waals surface area contributed by atoms with E-state index in [0.29, 0.717) is 5.69 Å². The normalized spacial score (nSPS) is 13.1. The van der Waals surface area contributed by atoms with Gasteiger partial charge < -0.3 is 4.52 Å². The van der Waals surface area contributed by atoms with Gasteiger partial charge in [0, 0.05) is 6.04 Å². The summed E-state index contributed by atoms with van der Waals surface area (Å²) < 4.78 is 34.3. The highest BCUT2D eigenvalue weighted by atomic mass is 32.2. The highest BCUT2D eigenvalue weighted by molar-refractivity contribution is 7.89. The molecule has 0 aliphatic rings. The van der Waals surface area contributed by atoms with E-state index in [9.17, 15) is 8.42 Å². The SMILES string of the molecule is Cc1noc(C)c1S(=O)(=O)NC(C)c1ccc(-n2cncn2)cc1. The molecule has 0 amide bonds. The molecule has 1 atom stereocenters. The van der Waals surface area contributed by atoms with Gasteiger partial charge in [-0.3, -0.25) is 0 Å². The van der Waals surface area contributed by atoms with E-state index in [4.69, 9.17) is 4.52 Å². The van der Waals surface area contributed by atoms with E-state index >= 15 is 0 Å². The molecule has 2 aromatic heterocycles. The van der Waals surface area contributed by atoms with E-state index in [1.165, 1.54) is 6.33 Å². The number of hydrogen-bond donors (Lipinski definition) is 1. The summed E-state index contributed by atoms with van der Waals surface area (Å²) in [6.07, 6.45) is 3.05. The van der Waals surface area contributed by atoms with E-state index in [1.54, 1.807) is 31.8 Å². The Kier molecular flexibility index (Phi) is 4.20. The number of nitrogens with zero attached hydrogens (tertiary/aromatic N) is 4. The molecule has 0 saturated heterocycles. The van der Waals surface area contributed by atoms with Gasteiger partial charge in [0.05, 0.1) is 5.69 Å². The van der Waals surface area contributed by atoms with Crippen LogP contribution in [0.5, 0.6) is 0 Å². The summed E-state index contributed by atoms with van der Waals surface area (Å²) in [5, 5.41) is 7.74. The molecule has 0 aliphatic carbocycles. The van der Waals surface area contributed by atoms with Gasteiger partial charge in [0.1, 0.15) is 23.2 Å². The van der Waals surface area contributed by atoms with Crippen LogP contribution in [0.2, 0.25) is 0 Å². The van der Waals surface area contributed by atoms with Gasteiger partial charge in [0.15, 0.2) is 5.76 Å². The van der Waals surface area contributed by atoms with Crippen molar-refractivity contribution >= 4 is 10.0 Å². The van der Waals surface area contributed by atoms with Crippen molar-refractivity contribution in [1.29, 1.82) is 0 Å². The van der Waals surface area contributed by atoms with Crippen molar-refractivity contribution in [2.75, 3.05) is 0 Å². The van der Waals surface area contributed by atoms with Crippen molar-refractivity contribution in [3.8, 4) is 5.69 Å². The topological polar surface area (TPSA) is 103 Å². The third-order valence-electron chi connectivity index (χ3n) is 3.64. The third-order valence-corrected chi connectivity index (χ3v) is 5.43. The average Bonchev–Trinajstić information content (AvgIpc) is 3.17. The van der Waals surface area contributed by atoms with Crippen LogP contribution >= 0.6 is 0 Å². The van der Waals surface area contributed by atoms with Gasteiger partial charge in [-0.15, -0.1) is 0 Å². The first kappa shape index (κ1) is 16.3. The summed E-state index contributed by atoms with van der Waals surface area (Å²) in [6.45, 7) is 4.95. The second kappa shape index (κ2) is 6.17. The second-order valence-corrected chi connectivity index (χ2v) is 7.08.